The van der Waals surface area contributed by atoms with E-state index in [0.29, 0.717) is 11.3 Å². The van der Waals surface area contributed by atoms with Crippen molar-refractivity contribution in [3.05, 3.63) is 82.2 Å². The van der Waals surface area contributed by atoms with Crippen LogP contribution < -0.4 is 5.32 Å². The molecule has 25 heavy (non-hydrogen) atoms. The molecule has 126 valence electrons. The number of amides is 1. The van der Waals surface area contributed by atoms with Crippen molar-refractivity contribution in [3.63, 3.8) is 0 Å². The summed E-state index contributed by atoms with van der Waals surface area (Å²) in [4.78, 5) is 17.8. The fourth-order valence-corrected chi connectivity index (χ4v) is 3.32. The molecule has 0 radical (unpaired) electrons. The number of rotatable bonds is 4. The van der Waals surface area contributed by atoms with Crippen molar-refractivity contribution in [1.82, 2.24) is 4.98 Å². The number of hydrogen-bond donors (Lipinski definition) is 1. The Morgan fingerprint density at radius 3 is 2.72 bits per heavy atom. The average Bonchev–Trinajstić information content (AvgIpc) is 2.60. The molecular weight excluding hydrogens is 403 g/mol. The van der Waals surface area contributed by atoms with Gasteiger partial charge in [0.15, 0.2) is 0 Å². The van der Waals surface area contributed by atoms with Gasteiger partial charge in [-0.3, -0.25) is 4.79 Å². The van der Waals surface area contributed by atoms with Gasteiger partial charge in [-0.2, -0.15) is 0 Å². The Labute approximate surface area is 157 Å². The fraction of sp³-hybridized carbons (Fsp3) is 0.0526. The van der Waals surface area contributed by atoms with Gasteiger partial charge in [0.05, 0.1) is 5.56 Å². The number of nitrogens with zero attached hydrogens (tertiary/aromatic N) is 1. The number of hydrogen-bond acceptors (Lipinski definition) is 3. The van der Waals surface area contributed by atoms with Crippen molar-refractivity contribution < 1.29 is 9.18 Å². The third-order valence-corrected chi connectivity index (χ3v) is 4.99. The topological polar surface area (TPSA) is 42.0 Å². The van der Waals surface area contributed by atoms with Crippen LogP contribution in [0.1, 0.15) is 15.9 Å². The smallest absolute Gasteiger partial charge is 0.256 e. The molecule has 3 aromatic rings. The molecule has 1 heterocycles. The quantitative estimate of drug-likeness (QED) is 0.593. The van der Waals surface area contributed by atoms with Crippen LogP contribution in [0.5, 0.6) is 0 Å². The SMILES string of the molecule is Cc1ccc(F)cc1NC(=O)c1ccccc1Sc1ccc(Br)cn1. The van der Waals surface area contributed by atoms with E-state index in [4.69, 9.17) is 0 Å². The van der Waals surface area contributed by atoms with Crippen LogP contribution in [0.4, 0.5) is 10.1 Å². The van der Waals surface area contributed by atoms with Gasteiger partial charge in [0.25, 0.3) is 5.91 Å². The van der Waals surface area contributed by atoms with E-state index in [1.807, 2.05) is 31.2 Å². The molecule has 3 rings (SSSR count). The summed E-state index contributed by atoms with van der Waals surface area (Å²) in [6.45, 7) is 1.82. The highest BCUT2D eigenvalue weighted by Gasteiger charge is 2.14. The van der Waals surface area contributed by atoms with Crippen LogP contribution in [0, 0.1) is 12.7 Å². The first-order chi connectivity index (χ1) is 12.0. The largest absolute Gasteiger partial charge is 0.322 e. The van der Waals surface area contributed by atoms with Gasteiger partial charge in [0, 0.05) is 21.3 Å². The zero-order valence-corrected chi connectivity index (χ0v) is 15.7. The number of aryl methyl sites for hydroxylation is 1. The molecule has 0 bridgehead atoms. The van der Waals surface area contributed by atoms with Crippen molar-refractivity contribution >= 4 is 39.3 Å². The second kappa shape index (κ2) is 7.80. The summed E-state index contributed by atoms with van der Waals surface area (Å²) in [5.41, 5.74) is 1.78. The lowest BCUT2D eigenvalue weighted by Gasteiger charge is -2.11. The molecular formula is C19H14BrFN2OS. The molecule has 0 unspecified atom stereocenters. The minimum Gasteiger partial charge on any atom is -0.322 e. The van der Waals surface area contributed by atoms with Crippen molar-refractivity contribution in [2.45, 2.75) is 16.8 Å². The van der Waals surface area contributed by atoms with E-state index in [2.05, 4.69) is 26.2 Å². The predicted molar refractivity (Wildman–Crippen MR) is 102 cm³/mol. The molecule has 0 saturated carbocycles. The monoisotopic (exact) mass is 416 g/mol. The Balaban J connectivity index is 1.85. The summed E-state index contributed by atoms with van der Waals surface area (Å²) < 4.78 is 14.3. The van der Waals surface area contributed by atoms with Gasteiger partial charge >= 0.3 is 0 Å². The van der Waals surface area contributed by atoms with E-state index in [9.17, 15) is 9.18 Å². The van der Waals surface area contributed by atoms with Crippen LogP contribution in [0.2, 0.25) is 0 Å². The summed E-state index contributed by atoms with van der Waals surface area (Å²) in [5, 5.41) is 3.57. The van der Waals surface area contributed by atoms with E-state index in [0.717, 1.165) is 20.0 Å². The summed E-state index contributed by atoms with van der Waals surface area (Å²) in [6, 6.07) is 15.4. The number of carbonyl (C=O) groups excluding carboxylic acids is 1. The summed E-state index contributed by atoms with van der Waals surface area (Å²) in [6.07, 6.45) is 1.71. The van der Waals surface area contributed by atoms with Gasteiger partial charge < -0.3 is 5.32 Å². The van der Waals surface area contributed by atoms with Crippen molar-refractivity contribution in [1.29, 1.82) is 0 Å². The number of pyridine rings is 1. The highest BCUT2D eigenvalue weighted by Crippen LogP contribution is 2.30. The van der Waals surface area contributed by atoms with E-state index in [1.165, 1.54) is 23.9 Å². The number of benzene rings is 2. The van der Waals surface area contributed by atoms with Crippen molar-refractivity contribution in [2.24, 2.45) is 0 Å². The van der Waals surface area contributed by atoms with Gasteiger partial charge in [0.1, 0.15) is 10.8 Å². The highest BCUT2D eigenvalue weighted by atomic mass is 79.9. The molecule has 1 N–H and O–H groups in total. The van der Waals surface area contributed by atoms with E-state index in [-0.39, 0.29) is 11.7 Å². The molecule has 0 atom stereocenters. The molecule has 1 amide bonds. The maximum Gasteiger partial charge on any atom is 0.256 e. The first-order valence-corrected chi connectivity index (χ1v) is 9.10. The van der Waals surface area contributed by atoms with Crippen LogP contribution in [0.15, 0.2) is 75.2 Å². The first kappa shape index (κ1) is 17.6. The lowest BCUT2D eigenvalue weighted by molar-refractivity contribution is 0.102. The van der Waals surface area contributed by atoms with Crippen LogP contribution >= 0.6 is 27.7 Å². The van der Waals surface area contributed by atoms with E-state index in [1.54, 1.807) is 24.4 Å². The lowest BCUT2D eigenvalue weighted by atomic mass is 10.1. The maximum absolute atomic E-state index is 13.4. The molecule has 0 saturated heterocycles. The molecule has 1 aromatic heterocycles. The Bertz CT molecular complexity index is 916. The molecule has 6 heteroatoms. The zero-order valence-electron chi connectivity index (χ0n) is 13.3. The molecule has 0 aliphatic heterocycles. The van der Waals surface area contributed by atoms with Gasteiger partial charge in [-0.15, -0.1) is 0 Å². The average molecular weight is 417 g/mol. The summed E-state index contributed by atoms with van der Waals surface area (Å²) in [5.74, 6) is -0.670. The summed E-state index contributed by atoms with van der Waals surface area (Å²) in [7, 11) is 0. The van der Waals surface area contributed by atoms with Gasteiger partial charge in [-0.25, -0.2) is 9.37 Å². The van der Waals surface area contributed by atoms with Gasteiger partial charge in [-0.1, -0.05) is 30.0 Å². The second-order valence-electron chi connectivity index (χ2n) is 5.33. The molecule has 0 spiro atoms. The Morgan fingerprint density at radius 2 is 1.96 bits per heavy atom. The maximum atomic E-state index is 13.4. The number of aromatic nitrogens is 1. The van der Waals surface area contributed by atoms with Crippen LogP contribution in [-0.4, -0.2) is 10.9 Å². The Hall–Kier alpha value is -2.18. The van der Waals surface area contributed by atoms with Crippen LogP contribution in [0.3, 0.4) is 0 Å². The normalized spacial score (nSPS) is 10.5. The third kappa shape index (κ3) is 4.46. The van der Waals surface area contributed by atoms with E-state index < -0.39 is 0 Å². The van der Waals surface area contributed by atoms with Crippen LogP contribution in [-0.2, 0) is 0 Å². The van der Waals surface area contributed by atoms with Gasteiger partial charge in [-0.05, 0) is 64.8 Å². The number of halogens is 2. The van der Waals surface area contributed by atoms with Crippen molar-refractivity contribution in [3.8, 4) is 0 Å². The van der Waals surface area contributed by atoms with Crippen LogP contribution in [0.25, 0.3) is 0 Å². The molecule has 2 aromatic carbocycles. The van der Waals surface area contributed by atoms with E-state index >= 15 is 0 Å². The Morgan fingerprint density at radius 1 is 1.16 bits per heavy atom. The molecule has 0 aliphatic carbocycles. The standard InChI is InChI=1S/C19H14BrFN2OS/c1-12-6-8-14(21)10-16(12)23-19(24)15-4-2-3-5-17(15)25-18-9-7-13(20)11-22-18/h2-11H,1H3,(H,23,24). The number of nitrogens with one attached hydrogen (secondary N) is 1. The summed E-state index contributed by atoms with van der Waals surface area (Å²) >= 11 is 4.75. The first-order valence-electron chi connectivity index (χ1n) is 7.49. The number of anilines is 1. The molecule has 0 aliphatic rings. The fourth-order valence-electron chi connectivity index (χ4n) is 2.20. The highest BCUT2D eigenvalue weighted by molar-refractivity contribution is 9.10. The third-order valence-electron chi connectivity index (χ3n) is 3.49. The second-order valence-corrected chi connectivity index (χ2v) is 7.30. The minimum absolute atomic E-state index is 0.283. The predicted octanol–water partition coefficient (Wildman–Crippen LogP) is 5.70. The minimum atomic E-state index is -0.386. The Kier molecular flexibility index (Phi) is 5.50. The van der Waals surface area contributed by atoms with Gasteiger partial charge in [0.2, 0.25) is 0 Å². The lowest BCUT2D eigenvalue weighted by Crippen LogP contribution is -2.14. The molecule has 0 fully saturated rings. The molecule has 3 nitrogen and oxygen atoms in total. The number of carbonyl (C=O) groups is 1. The zero-order chi connectivity index (χ0) is 17.8. The van der Waals surface area contributed by atoms with Crippen molar-refractivity contribution in [2.75, 3.05) is 5.32 Å².